The molecule has 104 valence electrons. The number of hydrogen-bond acceptors (Lipinski definition) is 2. The summed E-state index contributed by atoms with van der Waals surface area (Å²) in [7, 11) is 0. The minimum atomic E-state index is 0.581. The number of pyridine rings is 1. The second-order valence-electron chi connectivity index (χ2n) is 5.01. The van der Waals surface area contributed by atoms with E-state index in [-0.39, 0.29) is 0 Å². The summed E-state index contributed by atoms with van der Waals surface area (Å²) in [6, 6.07) is 8.53. The largest absolute Gasteiger partial charge is 0.361 e. The lowest BCUT2D eigenvalue weighted by atomic mass is 10.1. The summed E-state index contributed by atoms with van der Waals surface area (Å²) in [4.78, 5) is 4.42. The molecule has 0 spiro atoms. The monoisotopic (exact) mass is 268 g/mol. The SMILES string of the molecule is CCCc1cncc2c1c1ccccc1n2COCC. The van der Waals surface area contributed by atoms with Crippen LogP contribution in [0.15, 0.2) is 36.7 Å². The Morgan fingerprint density at radius 2 is 1.95 bits per heavy atom. The van der Waals surface area contributed by atoms with Gasteiger partial charge in [-0.15, -0.1) is 0 Å². The summed E-state index contributed by atoms with van der Waals surface area (Å²) in [6.07, 6.45) is 6.15. The highest BCUT2D eigenvalue weighted by atomic mass is 16.5. The first-order chi connectivity index (χ1) is 9.86. The molecule has 20 heavy (non-hydrogen) atoms. The Bertz CT molecular complexity index is 730. The number of aromatic nitrogens is 2. The number of fused-ring (bicyclic) bond motifs is 3. The fourth-order valence-electron chi connectivity index (χ4n) is 2.84. The predicted molar refractivity (Wildman–Crippen MR) is 82.9 cm³/mol. The van der Waals surface area contributed by atoms with Gasteiger partial charge in [-0.05, 0) is 25.0 Å². The molecular formula is C17H20N2O. The van der Waals surface area contributed by atoms with E-state index < -0.39 is 0 Å². The minimum absolute atomic E-state index is 0.581. The zero-order valence-corrected chi connectivity index (χ0v) is 12.1. The molecule has 0 radical (unpaired) electrons. The molecule has 0 aliphatic carbocycles. The smallest absolute Gasteiger partial charge is 0.123 e. The van der Waals surface area contributed by atoms with Crippen LogP contribution in [0.5, 0.6) is 0 Å². The van der Waals surface area contributed by atoms with E-state index in [1.807, 2.05) is 19.3 Å². The van der Waals surface area contributed by atoms with Gasteiger partial charge >= 0.3 is 0 Å². The van der Waals surface area contributed by atoms with E-state index in [4.69, 9.17) is 4.74 Å². The van der Waals surface area contributed by atoms with Crippen LogP contribution in [0.2, 0.25) is 0 Å². The minimum Gasteiger partial charge on any atom is -0.361 e. The average molecular weight is 268 g/mol. The van der Waals surface area contributed by atoms with Gasteiger partial charge in [-0.1, -0.05) is 31.5 Å². The highest BCUT2D eigenvalue weighted by Crippen LogP contribution is 2.31. The third kappa shape index (κ3) is 2.08. The molecule has 0 fully saturated rings. The Kier molecular flexibility index (Phi) is 3.70. The lowest BCUT2D eigenvalue weighted by Gasteiger charge is -2.07. The van der Waals surface area contributed by atoms with Gasteiger partial charge in [0.05, 0.1) is 17.2 Å². The van der Waals surface area contributed by atoms with Gasteiger partial charge in [0, 0.05) is 23.6 Å². The van der Waals surface area contributed by atoms with Crippen LogP contribution in [0, 0.1) is 0 Å². The number of ether oxygens (including phenoxy) is 1. The number of hydrogen-bond donors (Lipinski definition) is 0. The van der Waals surface area contributed by atoms with E-state index in [0.717, 1.165) is 19.4 Å². The summed E-state index contributed by atoms with van der Waals surface area (Å²) >= 11 is 0. The number of para-hydroxylation sites is 1. The second kappa shape index (κ2) is 5.63. The first-order valence-electron chi connectivity index (χ1n) is 7.28. The van der Waals surface area contributed by atoms with Crippen LogP contribution in [0.4, 0.5) is 0 Å². The molecule has 3 aromatic rings. The molecular weight excluding hydrogens is 248 g/mol. The van der Waals surface area contributed by atoms with E-state index >= 15 is 0 Å². The molecule has 0 saturated heterocycles. The molecule has 3 nitrogen and oxygen atoms in total. The van der Waals surface area contributed by atoms with Gasteiger partial charge in [0.15, 0.2) is 0 Å². The maximum absolute atomic E-state index is 5.63. The molecule has 3 rings (SSSR count). The normalized spacial score (nSPS) is 11.5. The van der Waals surface area contributed by atoms with E-state index in [1.54, 1.807) is 0 Å². The first kappa shape index (κ1) is 13.1. The zero-order valence-electron chi connectivity index (χ0n) is 12.1. The summed E-state index contributed by atoms with van der Waals surface area (Å²) in [5, 5.41) is 2.63. The van der Waals surface area contributed by atoms with Crippen molar-refractivity contribution in [1.82, 2.24) is 9.55 Å². The number of benzene rings is 1. The van der Waals surface area contributed by atoms with Crippen molar-refractivity contribution in [2.45, 2.75) is 33.4 Å². The van der Waals surface area contributed by atoms with Gasteiger partial charge < -0.3 is 9.30 Å². The van der Waals surface area contributed by atoms with Crippen molar-refractivity contribution >= 4 is 21.8 Å². The lowest BCUT2D eigenvalue weighted by Crippen LogP contribution is -2.02. The van der Waals surface area contributed by atoms with Crippen LogP contribution >= 0.6 is 0 Å². The molecule has 0 aliphatic rings. The van der Waals surface area contributed by atoms with Crippen molar-refractivity contribution in [2.75, 3.05) is 6.61 Å². The van der Waals surface area contributed by atoms with Crippen LogP contribution in [0.3, 0.4) is 0 Å². The van der Waals surface area contributed by atoms with Crippen molar-refractivity contribution in [1.29, 1.82) is 0 Å². The van der Waals surface area contributed by atoms with E-state index in [9.17, 15) is 0 Å². The molecule has 0 aliphatic heterocycles. The Hall–Kier alpha value is -1.87. The third-order valence-electron chi connectivity index (χ3n) is 3.70. The Balaban J connectivity index is 2.32. The molecule has 0 amide bonds. The summed E-state index contributed by atoms with van der Waals surface area (Å²) in [5.74, 6) is 0. The van der Waals surface area contributed by atoms with E-state index in [1.165, 1.54) is 27.4 Å². The maximum atomic E-state index is 5.63. The summed E-state index contributed by atoms with van der Waals surface area (Å²) in [6.45, 7) is 5.53. The highest BCUT2D eigenvalue weighted by Gasteiger charge is 2.13. The van der Waals surface area contributed by atoms with Gasteiger partial charge in [-0.25, -0.2) is 0 Å². The van der Waals surface area contributed by atoms with Gasteiger partial charge in [-0.2, -0.15) is 0 Å². The maximum Gasteiger partial charge on any atom is 0.123 e. The molecule has 1 aromatic carbocycles. The van der Waals surface area contributed by atoms with E-state index in [2.05, 4.69) is 40.7 Å². The Morgan fingerprint density at radius 3 is 2.75 bits per heavy atom. The molecule has 3 heteroatoms. The van der Waals surface area contributed by atoms with Crippen molar-refractivity contribution in [3.63, 3.8) is 0 Å². The van der Waals surface area contributed by atoms with Gasteiger partial charge in [-0.3, -0.25) is 4.98 Å². The molecule has 0 bridgehead atoms. The van der Waals surface area contributed by atoms with Crippen molar-refractivity contribution in [3.8, 4) is 0 Å². The molecule has 0 N–H and O–H groups in total. The average Bonchev–Trinajstić information content (AvgIpc) is 2.80. The molecule has 0 atom stereocenters. The summed E-state index contributed by atoms with van der Waals surface area (Å²) in [5.41, 5.74) is 3.73. The number of aryl methyl sites for hydroxylation is 1. The zero-order chi connectivity index (χ0) is 13.9. The molecule has 2 aromatic heterocycles. The Morgan fingerprint density at radius 1 is 1.10 bits per heavy atom. The van der Waals surface area contributed by atoms with Crippen LogP contribution in [-0.4, -0.2) is 16.2 Å². The van der Waals surface area contributed by atoms with Gasteiger partial charge in [0.2, 0.25) is 0 Å². The standard InChI is InChI=1S/C17H20N2O/c1-3-7-13-10-18-11-16-17(13)14-8-5-6-9-15(14)19(16)12-20-4-2/h5-6,8-11H,3-4,7,12H2,1-2H3. The highest BCUT2D eigenvalue weighted by molar-refractivity contribution is 6.09. The Labute approximate surface area is 119 Å². The second-order valence-corrected chi connectivity index (χ2v) is 5.01. The summed E-state index contributed by atoms with van der Waals surface area (Å²) < 4.78 is 7.85. The third-order valence-corrected chi connectivity index (χ3v) is 3.70. The molecule has 2 heterocycles. The fourth-order valence-corrected chi connectivity index (χ4v) is 2.84. The molecule has 0 unspecified atom stereocenters. The van der Waals surface area contributed by atoms with Gasteiger partial charge in [0.1, 0.15) is 6.73 Å². The lowest BCUT2D eigenvalue weighted by molar-refractivity contribution is 0.0935. The number of nitrogens with zero attached hydrogens (tertiary/aromatic N) is 2. The quantitative estimate of drug-likeness (QED) is 0.695. The predicted octanol–water partition coefficient (Wildman–Crippen LogP) is 4.14. The van der Waals surface area contributed by atoms with Crippen LogP contribution < -0.4 is 0 Å². The fraction of sp³-hybridized carbons (Fsp3) is 0.353. The van der Waals surface area contributed by atoms with Crippen molar-refractivity contribution in [2.24, 2.45) is 0 Å². The van der Waals surface area contributed by atoms with Crippen molar-refractivity contribution in [3.05, 3.63) is 42.2 Å². The first-order valence-corrected chi connectivity index (χ1v) is 7.28. The molecule has 0 saturated carbocycles. The van der Waals surface area contributed by atoms with E-state index in [0.29, 0.717) is 6.73 Å². The van der Waals surface area contributed by atoms with Crippen LogP contribution in [0.25, 0.3) is 21.8 Å². The van der Waals surface area contributed by atoms with Gasteiger partial charge in [0.25, 0.3) is 0 Å². The van der Waals surface area contributed by atoms with Crippen molar-refractivity contribution < 1.29 is 4.74 Å². The number of rotatable bonds is 5. The van der Waals surface area contributed by atoms with Crippen LogP contribution in [0.1, 0.15) is 25.8 Å². The van der Waals surface area contributed by atoms with Crippen LogP contribution in [-0.2, 0) is 17.9 Å². The topological polar surface area (TPSA) is 27.1 Å².